The number of hydrogen-bond acceptors (Lipinski definition) is 2. The van der Waals surface area contributed by atoms with Crippen molar-refractivity contribution in [3.63, 3.8) is 0 Å². The van der Waals surface area contributed by atoms with Crippen LogP contribution in [0.1, 0.15) is 27.5 Å². The number of halogens is 1. The van der Waals surface area contributed by atoms with Gasteiger partial charge in [-0.3, -0.25) is 4.79 Å². The molecular formula is C16H14ClNO3. The Morgan fingerprint density at radius 2 is 1.81 bits per heavy atom. The lowest BCUT2D eigenvalue weighted by Gasteiger charge is -2.15. The Kier molecular flexibility index (Phi) is 4.60. The molecule has 4 nitrogen and oxygen atoms in total. The van der Waals surface area contributed by atoms with Gasteiger partial charge in [-0.1, -0.05) is 48.0 Å². The average Bonchev–Trinajstić information content (AvgIpc) is 2.48. The topological polar surface area (TPSA) is 66.4 Å². The van der Waals surface area contributed by atoms with Crippen LogP contribution < -0.4 is 5.32 Å². The number of carbonyl (C=O) groups is 2. The summed E-state index contributed by atoms with van der Waals surface area (Å²) in [5.74, 6) is -1.60. The summed E-state index contributed by atoms with van der Waals surface area (Å²) in [6.07, 6.45) is 0. The first-order chi connectivity index (χ1) is 9.99. The minimum atomic E-state index is -1.12. The highest BCUT2D eigenvalue weighted by molar-refractivity contribution is 6.31. The summed E-state index contributed by atoms with van der Waals surface area (Å²) in [6.45, 7) is 1.83. The van der Waals surface area contributed by atoms with Crippen LogP contribution in [-0.2, 0) is 4.79 Å². The molecular weight excluding hydrogens is 290 g/mol. The maximum absolute atomic E-state index is 12.2. The number of carboxylic acids is 1. The summed E-state index contributed by atoms with van der Waals surface area (Å²) in [5.41, 5.74) is 1.69. The Hall–Kier alpha value is -2.33. The normalized spacial score (nSPS) is 11.7. The van der Waals surface area contributed by atoms with Crippen LogP contribution in [0.15, 0.2) is 48.5 Å². The summed E-state index contributed by atoms with van der Waals surface area (Å²) < 4.78 is 0. The van der Waals surface area contributed by atoms with Gasteiger partial charge in [-0.15, -0.1) is 0 Å². The van der Waals surface area contributed by atoms with Crippen molar-refractivity contribution in [1.29, 1.82) is 0 Å². The fourth-order valence-corrected chi connectivity index (χ4v) is 2.06. The molecule has 2 rings (SSSR count). The van der Waals surface area contributed by atoms with Crippen molar-refractivity contribution in [3.05, 3.63) is 70.2 Å². The first-order valence-electron chi connectivity index (χ1n) is 6.34. The van der Waals surface area contributed by atoms with Gasteiger partial charge in [0, 0.05) is 10.6 Å². The average molecular weight is 304 g/mol. The number of aryl methyl sites for hydroxylation is 1. The number of nitrogens with one attached hydrogen (secondary N) is 1. The molecule has 0 bridgehead atoms. The molecule has 2 aromatic carbocycles. The van der Waals surface area contributed by atoms with Crippen LogP contribution in [0.5, 0.6) is 0 Å². The van der Waals surface area contributed by atoms with Gasteiger partial charge in [0.05, 0.1) is 0 Å². The predicted octanol–water partition coefficient (Wildman–Crippen LogP) is 3.20. The van der Waals surface area contributed by atoms with Crippen molar-refractivity contribution in [3.8, 4) is 0 Å². The Bertz CT molecular complexity index is 670. The number of rotatable bonds is 4. The highest BCUT2D eigenvalue weighted by atomic mass is 35.5. The summed E-state index contributed by atoms with van der Waals surface area (Å²) in [7, 11) is 0. The van der Waals surface area contributed by atoms with Gasteiger partial charge in [-0.25, -0.2) is 4.79 Å². The predicted molar refractivity (Wildman–Crippen MR) is 80.5 cm³/mol. The maximum atomic E-state index is 12.2. The first kappa shape index (κ1) is 15.1. The lowest BCUT2D eigenvalue weighted by molar-refractivity contribution is -0.139. The molecule has 0 aliphatic carbocycles. The fourth-order valence-electron chi connectivity index (χ4n) is 1.88. The molecule has 0 aliphatic heterocycles. The van der Waals surface area contributed by atoms with Gasteiger partial charge in [0.25, 0.3) is 5.91 Å². The molecule has 1 amide bonds. The van der Waals surface area contributed by atoms with E-state index in [1.54, 1.807) is 42.5 Å². The Labute approximate surface area is 127 Å². The Balaban J connectivity index is 2.23. The van der Waals surface area contributed by atoms with E-state index in [9.17, 15) is 14.7 Å². The highest BCUT2D eigenvalue weighted by Crippen LogP contribution is 2.18. The van der Waals surface area contributed by atoms with Crippen LogP contribution in [-0.4, -0.2) is 17.0 Å². The molecule has 2 N–H and O–H groups in total. The lowest BCUT2D eigenvalue weighted by atomic mass is 10.1. The zero-order chi connectivity index (χ0) is 15.4. The fraction of sp³-hybridized carbons (Fsp3) is 0.125. The van der Waals surface area contributed by atoms with Gasteiger partial charge in [-0.2, -0.15) is 0 Å². The summed E-state index contributed by atoms with van der Waals surface area (Å²) in [4.78, 5) is 23.5. The van der Waals surface area contributed by atoms with Gasteiger partial charge in [0.2, 0.25) is 0 Å². The minimum Gasteiger partial charge on any atom is -0.479 e. The Morgan fingerprint density at radius 3 is 2.38 bits per heavy atom. The molecule has 1 atom stereocenters. The summed E-state index contributed by atoms with van der Waals surface area (Å²) in [5, 5.41) is 12.2. The quantitative estimate of drug-likeness (QED) is 0.911. The van der Waals surface area contributed by atoms with Gasteiger partial charge >= 0.3 is 5.97 Å². The van der Waals surface area contributed by atoms with Crippen LogP contribution in [0.3, 0.4) is 0 Å². The van der Waals surface area contributed by atoms with E-state index in [0.717, 1.165) is 5.56 Å². The second-order valence-electron chi connectivity index (χ2n) is 4.62. The smallest absolute Gasteiger partial charge is 0.330 e. The maximum Gasteiger partial charge on any atom is 0.330 e. The van der Waals surface area contributed by atoms with Gasteiger partial charge < -0.3 is 10.4 Å². The van der Waals surface area contributed by atoms with Crippen molar-refractivity contribution in [2.24, 2.45) is 0 Å². The molecule has 0 aromatic heterocycles. The number of amides is 1. The van der Waals surface area contributed by atoms with E-state index in [1.165, 1.54) is 6.07 Å². The largest absolute Gasteiger partial charge is 0.479 e. The third-order valence-corrected chi connectivity index (χ3v) is 3.50. The van der Waals surface area contributed by atoms with E-state index in [-0.39, 0.29) is 0 Å². The summed E-state index contributed by atoms with van der Waals surface area (Å²) >= 11 is 5.98. The van der Waals surface area contributed by atoms with E-state index in [1.807, 2.05) is 6.92 Å². The van der Waals surface area contributed by atoms with Crippen LogP contribution in [0.4, 0.5) is 0 Å². The van der Waals surface area contributed by atoms with E-state index < -0.39 is 17.9 Å². The van der Waals surface area contributed by atoms with E-state index >= 15 is 0 Å². The number of carboxylic acid groups (broad SMARTS) is 1. The van der Waals surface area contributed by atoms with Gasteiger partial charge in [-0.05, 0) is 30.2 Å². The second-order valence-corrected chi connectivity index (χ2v) is 5.03. The monoisotopic (exact) mass is 303 g/mol. The molecule has 0 spiro atoms. The van der Waals surface area contributed by atoms with Crippen molar-refractivity contribution in [2.75, 3.05) is 0 Å². The van der Waals surface area contributed by atoms with Crippen molar-refractivity contribution >= 4 is 23.5 Å². The van der Waals surface area contributed by atoms with E-state index in [2.05, 4.69) is 5.32 Å². The zero-order valence-corrected chi connectivity index (χ0v) is 12.1. The lowest BCUT2D eigenvalue weighted by Crippen LogP contribution is -2.33. The molecule has 108 valence electrons. The third-order valence-electron chi connectivity index (χ3n) is 3.09. The molecule has 0 unspecified atom stereocenters. The zero-order valence-electron chi connectivity index (χ0n) is 11.3. The van der Waals surface area contributed by atoms with Crippen LogP contribution >= 0.6 is 11.6 Å². The van der Waals surface area contributed by atoms with E-state index in [4.69, 9.17) is 11.6 Å². The SMILES string of the molecule is Cc1ccc(C(=O)N[C@@H](C(=O)O)c2ccccc2)cc1Cl. The van der Waals surface area contributed by atoms with Gasteiger partial charge in [0.15, 0.2) is 6.04 Å². The standard InChI is InChI=1S/C16H14ClNO3/c1-10-7-8-12(9-13(10)17)15(19)18-14(16(20)21)11-5-3-2-4-6-11/h2-9,14H,1H3,(H,18,19)(H,20,21)/t14-/m1/s1. The van der Waals surface area contributed by atoms with Crippen molar-refractivity contribution < 1.29 is 14.7 Å². The first-order valence-corrected chi connectivity index (χ1v) is 6.71. The molecule has 0 saturated heterocycles. The molecule has 0 saturated carbocycles. The number of carbonyl (C=O) groups excluding carboxylic acids is 1. The van der Waals surface area contributed by atoms with Crippen LogP contribution in [0, 0.1) is 6.92 Å². The second kappa shape index (κ2) is 6.41. The number of benzene rings is 2. The van der Waals surface area contributed by atoms with Crippen molar-refractivity contribution in [1.82, 2.24) is 5.32 Å². The molecule has 0 aliphatic rings. The molecule has 0 radical (unpaired) electrons. The molecule has 2 aromatic rings. The van der Waals surface area contributed by atoms with Gasteiger partial charge in [0.1, 0.15) is 0 Å². The molecule has 5 heteroatoms. The molecule has 21 heavy (non-hydrogen) atoms. The van der Waals surface area contributed by atoms with Crippen molar-refractivity contribution in [2.45, 2.75) is 13.0 Å². The number of aliphatic carboxylic acids is 1. The Morgan fingerprint density at radius 1 is 1.14 bits per heavy atom. The highest BCUT2D eigenvalue weighted by Gasteiger charge is 2.22. The summed E-state index contributed by atoms with van der Waals surface area (Å²) in [6, 6.07) is 12.3. The van der Waals surface area contributed by atoms with E-state index in [0.29, 0.717) is 16.1 Å². The molecule has 0 heterocycles. The third kappa shape index (κ3) is 3.61. The minimum absolute atomic E-state index is 0.327. The molecule has 0 fully saturated rings. The number of hydrogen-bond donors (Lipinski definition) is 2. The van der Waals surface area contributed by atoms with Crippen LogP contribution in [0.25, 0.3) is 0 Å². The van der Waals surface area contributed by atoms with Crippen LogP contribution in [0.2, 0.25) is 5.02 Å².